The number of benzene rings is 1. The molecule has 0 aliphatic heterocycles. The summed E-state index contributed by atoms with van der Waals surface area (Å²) in [5.74, 6) is 0.805. The van der Waals surface area contributed by atoms with Crippen LogP contribution >= 0.6 is 37.2 Å². The predicted octanol–water partition coefficient (Wildman–Crippen LogP) is 4.04. The lowest BCUT2D eigenvalue weighted by atomic mass is 10.0. The highest BCUT2D eigenvalue weighted by Gasteiger charge is 2.41. The molecular weight excluding hydrogens is 369 g/mol. The molecule has 1 aliphatic carbocycles. The maximum atomic E-state index is 5.92. The Morgan fingerprint density at radius 3 is 2.50 bits per heavy atom. The van der Waals surface area contributed by atoms with Gasteiger partial charge in [-0.2, -0.15) is 0 Å². The van der Waals surface area contributed by atoms with Gasteiger partial charge in [0.05, 0.1) is 11.7 Å². The van der Waals surface area contributed by atoms with E-state index in [2.05, 4.69) is 10.3 Å². The van der Waals surface area contributed by atoms with E-state index in [0.29, 0.717) is 6.61 Å². The molecule has 0 radical (unpaired) electrons. The van der Waals surface area contributed by atoms with Crippen molar-refractivity contribution in [2.45, 2.75) is 25.3 Å². The molecule has 0 unspecified atom stereocenters. The van der Waals surface area contributed by atoms with E-state index in [-0.39, 0.29) is 42.8 Å². The molecule has 7 heteroatoms. The number of hydrogen-bond donors (Lipinski definition) is 2. The number of nitrogens with one attached hydrogen (secondary N) is 1. The zero-order valence-corrected chi connectivity index (χ0v) is 16.2. The summed E-state index contributed by atoms with van der Waals surface area (Å²) in [6.07, 6.45) is 4.13. The van der Waals surface area contributed by atoms with E-state index < -0.39 is 0 Å². The fourth-order valence-corrected chi connectivity index (χ4v) is 2.43. The molecule has 0 saturated heterocycles. The highest BCUT2D eigenvalue weighted by Crippen LogP contribution is 2.35. The van der Waals surface area contributed by atoms with Crippen molar-refractivity contribution in [3.63, 3.8) is 0 Å². The van der Waals surface area contributed by atoms with E-state index >= 15 is 0 Å². The SMILES string of the molecule is CNC1(COc2cnc(C)c(-c3cccc(N)c3)c2)CC1.Cl.Cl.Cl. The van der Waals surface area contributed by atoms with Crippen molar-refractivity contribution in [2.75, 3.05) is 19.4 Å². The van der Waals surface area contributed by atoms with E-state index in [0.717, 1.165) is 28.3 Å². The van der Waals surface area contributed by atoms with Gasteiger partial charge in [-0.1, -0.05) is 12.1 Å². The Morgan fingerprint density at radius 1 is 1.21 bits per heavy atom. The van der Waals surface area contributed by atoms with Crippen LogP contribution in [0.25, 0.3) is 11.1 Å². The number of hydrogen-bond acceptors (Lipinski definition) is 4. The van der Waals surface area contributed by atoms with Gasteiger partial charge in [0, 0.05) is 16.9 Å². The summed E-state index contributed by atoms with van der Waals surface area (Å²) in [5.41, 5.74) is 9.90. The van der Waals surface area contributed by atoms with Crippen molar-refractivity contribution < 1.29 is 4.74 Å². The van der Waals surface area contributed by atoms with Crippen LogP contribution in [-0.4, -0.2) is 24.2 Å². The summed E-state index contributed by atoms with van der Waals surface area (Å²) in [7, 11) is 1.99. The lowest BCUT2D eigenvalue weighted by molar-refractivity contribution is 0.259. The zero-order chi connectivity index (χ0) is 14.9. The molecule has 3 N–H and O–H groups in total. The zero-order valence-electron chi connectivity index (χ0n) is 13.7. The van der Waals surface area contributed by atoms with E-state index in [9.17, 15) is 0 Å². The van der Waals surface area contributed by atoms with Crippen LogP contribution in [0.15, 0.2) is 36.5 Å². The number of likely N-dealkylation sites (N-methyl/N-ethyl adjacent to an activating group) is 1. The molecule has 3 rings (SSSR count). The number of halogens is 3. The molecular formula is C17H24Cl3N3O. The number of nitrogen functional groups attached to an aromatic ring is 1. The molecule has 1 aliphatic rings. The molecule has 134 valence electrons. The van der Waals surface area contributed by atoms with Gasteiger partial charge >= 0.3 is 0 Å². The molecule has 4 nitrogen and oxygen atoms in total. The first-order valence-corrected chi connectivity index (χ1v) is 7.26. The molecule has 0 spiro atoms. The molecule has 1 fully saturated rings. The Bertz CT molecular complexity index is 663. The highest BCUT2D eigenvalue weighted by molar-refractivity contribution is 5.86. The van der Waals surface area contributed by atoms with Crippen LogP contribution in [0.5, 0.6) is 5.75 Å². The first-order valence-electron chi connectivity index (χ1n) is 7.26. The van der Waals surface area contributed by atoms with Gasteiger partial charge in [-0.05, 0) is 50.6 Å². The topological polar surface area (TPSA) is 60.2 Å². The second-order valence-corrected chi connectivity index (χ2v) is 5.75. The average molecular weight is 393 g/mol. The van der Waals surface area contributed by atoms with Crippen LogP contribution in [0.3, 0.4) is 0 Å². The van der Waals surface area contributed by atoms with Crippen molar-refractivity contribution in [2.24, 2.45) is 0 Å². The lowest BCUT2D eigenvalue weighted by Crippen LogP contribution is -2.33. The van der Waals surface area contributed by atoms with Gasteiger partial charge in [-0.25, -0.2) is 0 Å². The summed E-state index contributed by atoms with van der Waals surface area (Å²) < 4.78 is 5.92. The smallest absolute Gasteiger partial charge is 0.138 e. The third-order valence-corrected chi connectivity index (χ3v) is 4.16. The number of ether oxygens (including phenoxy) is 1. The molecule has 1 saturated carbocycles. The minimum Gasteiger partial charge on any atom is -0.490 e. The Balaban J connectivity index is 0.00000176. The third kappa shape index (κ3) is 5.15. The van der Waals surface area contributed by atoms with Crippen LogP contribution in [-0.2, 0) is 0 Å². The minimum atomic E-state index is 0. The van der Waals surface area contributed by atoms with E-state index in [4.69, 9.17) is 10.5 Å². The predicted molar refractivity (Wildman–Crippen MR) is 107 cm³/mol. The first kappa shape index (κ1) is 22.8. The molecule has 24 heavy (non-hydrogen) atoms. The number of rotatable bonds is 5. The van der Waals surface area contributed by atoms with E-state index in [1.54, 1.807) is 6.20 Å². The highest BCUT2D eigenvalue weighted by atomic mass is 35.5. The maximum absolute atomic E-state index is 5.92. The Hall–Kier alpha value is -1.20. The number of nitrogens with two attached hydrogens (primary N) is 1. The van der Waals surface area contributed by atoms with Gasteiger partial charge in [0.25, 0.3) is 0 Å². The minimum absolute atomic E-state index is 0. The average Bonchev–Trinajstić information content (AvgIpc) is 3.27. The molecule has 0 bridgehead atoms. The summed E-state index contributed by atoms with van der Waals surface area (Å²) in [4.78, 5) is 4.45. The summed E-state index contributed by atoms with van der Waals surface area (Å²) in [5, 5.41) is 3.33. The van der Waals surface area contributed by atoms with Gasteiger partial charge in [-0.15, -0.1) is 37.2 Å². The van der Waals surface area contributed by atoms with Crippen LogP contribution in [0.4, 0.5) is 5.69 Å². The molecule has 1 heterocycles. The number of aromatic nitrogens is 1. The van der Waals surface area contributed by atoms with Crippen molar-refractivity contribution in [1.29, 1.82) is 0 Å². The number of anilines is 1. The second kappa shape index (κ2) is 9.33. The monoisotopic (exact) mass is 391 g/mol. The molecule has 0 atom stereocenters. The summed E-state index contributed by atoms with van der Waals surface area (Å²) in [6.45, 7) is 2.68. The second-order valence-electron chi connectivity index (χ2n) is 5.75. The fraction of sp³-hybridized carbons (Fsp3) is 0.353. The van der Waals surface area contributed by atoms with Gasteiger partial charge in [0.2, 0.25) is 0 Å². The van der Waals surface area contributed by atoms with Gasteiger partial charge < -0.3 is 15.8 Å². The largest absolute Gasteiger partial charge is 0.490 e. The van der Waals surface area contributed by atoms with E-state index in [1.807, 2.05) is 44.3 Å². The number of pyridine rings is 1. The first-order chi connectivity index (χ1) is 10.1. The fourth-order valence-electron chi connectivity index (χ4n) is 2.43. The standard InChI is InChI=1S/C17H21N3O.3ClH/c1-12-16(13-4-3-5-14(18)8-13)9-15(10-20-12)21-11-17(19-2)6-7-17;;;/h3-5,8-10,19H,6-7,11,18H2,1-2H3;3*1H. The Kier molecular flexibility index (Phi) is 8.86. The van der Waals surface area contributed by atoms with Gasteiger partial charge in [-0.3, -0.25) is 4.98 Å². The van der Waals surface area contributed by atoms with Gasteiger partial charge in [0.1, 0.15) is 12.4 Å². The van der Waals surface area contributed by atoms with Crippen molar-refractivity contribution >= 4 is 42.9 Å². The van der Waals surface area contributed by atoms with Crippen LogP contribution in [0, 0.1) is 6.92 Å². The normalized spacial score (nSPS) is 13.8. The molecule has 0 amide bonds. The van der Waals surface area contributed by atoms with Crippen LogP contribution in [0.2, 0.25) is 0 Å². The van der Waals surface area contributed by atoms with Crippen LogP contribution < -0.4 is 15.8 Å². The summed E-state index contributed by atoms with van der Waals surface area (Å²) in [6, 6.07) is 9.89. The number of nitrogens with zero attached hydrogens (tertiary/aromatic N) is 1. The molecule has 1 aromatic heterocycles. The van der Waals surface area contributed by atoms with Crippen molar-refractivity contribution in [3.8, 4) is 16.9 Å². The van der Waals surface area contributed by atoms with E-state index in [1.165, 1.54) is 12.8 Å². The third-order valence-electron chi connectivity index (χ3n) is 4.16. The Morgan fingerprint density at radius 2 is 1.92 bits per heavy atom. The Labute approximate surface area is 161 Å². The maximum Gasteiger partial charge on any atom is 0.138 e. The van der Waals surface area contributed by atoms with Gasteiger partial charge in [0.15, 0.2) is 0 Å². The van der Waals surface area contributed by atoms with Crippen molar-refractivity contribution in [1.82, 2.24) is 10.3 Å². The van der Waals surface area contributed by atoms with Crippen molar-refractivity contribution in [3.05, 3.63) is 42.2 Å². The molecule has 2 aromatic rings. The lowest BCUT2D eigenvalue weighted by Gasteiger charge is -2.16. The number of aryl methyl sites for hydroxylation is 1. The summed E-state index contributed by atoms with van der Waals surface area (Å²) >= 11 is 0. The van der Waals surface area contributed by atoms with Crippen LogP contribution in [0.1, 0.15) is 18.5 Å². The molecule has 1 aromatic carbocycles. The quantitative estimate of drug-likeness (QED) is 0.754.